The number of carbonyl (C=O) groups excluding carboxylic acids is 2. The molecule has 36 heavy (non-hydrogen) atoms. The molecule has 4 rings (SSSR count). The molecular weight excluding hydrogens is 471 g/mol. The lowest BCUT2D eigenvalue weighted by atomic mass is 9.88. The lowest BCUT2D eigenvalue weighted by Gasteiger charge is -2.40. The first kappa shape index (κ1) is 25.1. The first-order chi connectivity index (χ1) is 17.0. The van der Waals surface area contributed by atoms with E-state index in [1.165, 1.54) is 32.0 Å². The normalized spacial score (nSPS) is 17.2. The highest BCUT2D eigenvalue weighted by Gasteiger charge is 2.35. The third-order valence-corrected chi connectivity index (χ3v) is 5.98. The largest absolute Gasteiger partial charge is 0.573 e. The Kier molecular flexibility index (Phi) is 6.92. The molecular formula is C27H26F3N3O3. The second kappa shape index (κ2) is 9.93. The smallest absolute Gasteiger partial charge is 0.404 e. The maximum absolute atomic E-state index is 13.0. The summed E-state index contributed by atoms with van der Waals surface area (Å²) in [4.78, 5) is 25.6. The fourth-order valence-corrected chi connectivity index (χ4v) is 4.63. The number of fused-ring (bicyclic) bond motifs is 1. The maximum Gasteiger partial charge on any atom is 0.573 e. The van der Waals surface area contributed by atoms with Crippen molar-refractivity contribution in [2.75, 3.05) is 15.5 Å². The topological polar surface area (TPSA) is 70.7 Å². The van der Waals surface area contributed by atoms with Gasteiger partial charge in [0.15, 0.2) is 5.75 Å². The summed E-state index contributed by atoms with van der Waals surface area (Å²) in [5.74, 6) is -0.636. The van der Waals surface area contributed by atoms with Crippen molar-refractivity contribution in [3.8, 4) is 16.9 Å². The number of alkyl halides is 3. The Morgan fingerprint density at radius 2 is 1.69 bits per heavy atom. The highest BCUT2D eigenvalue weighted by atomic mass is 19.4. The minimum atomic E-state index is -4.83. The van der Waals surface area contributed by atoms with E-state index >= 15 is 0 Å². The van der Waals surface area contributed by atoms with Gasteiger partial charge in [0, 0.05) is 31.3 Å². The van der Waals surface area contributed by atoms with Crippen LogP contribution in [0.4, 0.5) is 30.2 Å². The molecule has 6 nitrogen and oxygen atoms in total. The number of anilines is 3. The number of hydrogen-bond donors (Lipinski definition) is 2. The molecule has 0 saturated carbocycles. The SMILES string of the molecule is CC(=O)Nc1cccc(-c2ccc3c(c2)C(Nc2ccccc2OC(F)(F)F)CC(C)N3C(C)=O)c1. The third-order valence-electron chi connectivity index (χ3n) is 5.98. The molecule has 0 spiro atoms. The molecule has 2 unspecified atom stereocenters. The first-order valence-corrected chi connectivity index (χ1v) is 11.4. The molecule has 0 aliphatic carbocycles. The molecule has 3 aromatic carbocycles. The van der Waals surface area contributed by atoms with Crippen LogP contribution in [-0.2, 0) is 9.59 Å². The van der Waals surface area contributed by atoms with Crippen molar-refractivity contribution in [3.05, 3.63) is 72.3 Å². The van der Waals surface area contributed by atoms with Gasteiger partial charge in [-0.05, 0) is 66.4 Å². The summed E-state index contributed by atoms with van der Waals surface area (Å²) in [6, 6.07) is 18.3. The summed E-state index contributed by atoms with van der Waals surface area (Å²) in [7, 11) is 0. The average molecular weight is 498 g/mol. The van der Waals surface area contributed by atoms with E-state index in [4.69, 9.17) is 0 Å². The number of rotatable bonds is 5. The molecule has 2 amide bonds. The van der Waals surface area contributed by atoms with Crippen LogP contribution < -0.4 is 20.3 Å². The lowest BCUT2D eigenvalue weighted by molar-refractivity contribution is -0.274. The number of ether oxygens (including phenoxy) is 1. The minimum Gasteiger partial charge on any atom is -0.404 e. The van der Waals surface area contributed by atoms with E-state index in [9.17, 15) is 22.8 Å². The zero-order chi connectivity index (χ0) is 26.0. The zero-order valence-electron chi connectivity index (χ0n) is 20.0. The van der Waals surface area contributed by atoms with Crippen LogP contribution in [0.25, 0.3) is 11.1 Å². The van der Waals surface area contributed by atoms with E-state index in [0.29, 0.717) is 17.8 Å². The van der Waals surface area contributed by atoms with E-state index < -0.39 is 6.36 Å². The zero-order valence-corrected chi connectivity index (χ0v) is 20.0. The number of para-hydroxylation sites is 2. The van der Waals surface area contributed by atoms with Gasteiger partial charge < -0.3 is 20.3 Å². The van der Waals surface area contributed by atoms with Crippen LogP contribution in [-0.4, -0.2) is 24.2 Å². The maximum atomic E-state index is 13.0. The van der Waals surface area contributed by atoms with Crippen LogP contribution in [0.5, 0.6) is 5.75 Å². The van der Waals surface area contributed by atoms with E-state index in [2.05, 4.69) is 15.4 Å². The second-order valence-electron chi connectivity index (χ2n) is 8.75. The van der Waals surface area contributed by atoms with Crippen molar-refractivity contribution in [2.45, 2.75) is 45.6 Å². The molecule has 2 atom stereocenters. The van der Waals surface area contributed by atoms with Crippen molar-refractivity contribution >= 4 is 28.9 Å². The Balaban J connectivity index is 1.76. The lowest BCUT2D eigenvalue weighted by Crippen LogP contribution is -2.43. The molecule has 3 aromatic rings. The molecule has 1 aliphatic heterocycles. The molecule has 0 saturated heterocycles. The molecule has 0 fully saturated rings. The number of nitrogens with zero attached hydrogens (tertiary/aromatic N) is 1. The Bertz CT molecular complexity index is 1290. The molecule has 188 valence electrons. The summed E-state index contributed by atoms with van der Waals surface area (Å²) >= 11 is 0. The Morgan fingerprint density at radius 1 is 0.972 bits per heavy atom. The Hall–Kier alpha value is -4.01. The molecule has 0 aromatic heterocycles. The van der Waals surface area contributed by atoms with Crippen molar-refractivity contribution < 1.29 is 27.5 Å². The van der Waals surface area contributed by atoms with E-state index in [0.717, 1.165) is 16.7 Å². The first-order valence-electron chi connectivity index (χ1n) is 11.4. The standard InChI is InChI=1S/C27H26F3N3O3/c1-16-13-24(32-23-9-4-5-10-26(23)36-27(28,29)30)22-15-20(11-12-25(22)33(16)18(3)35)19-7-6-8-21(14-19)31-17(2)34/h4-12,14-16,24,32H,13H2,1-3H3,(H,31,34). The summed E-state index contributed by atoms with van der Waals surface area (Å²) in [5, 5.41) is 5.98. The van der Waals surface area contributed by atoms with E-state index in [1.807, 2.05) is 43.3 Å². The van der Waals surface area contributed by atoms with Crippen molar-refractivity contribution in [2.24, 2.45) is 0 Å². The quantitative estimate of drug-likeness (QED) is 0.422. The number of hydrogen-bond acceptors (Lipinski definition) is 4. The van der Waals surface area contributed by atoms with Crippen LogP contribution in [0.1, 0.15) is 38.8 Å². The fraction of sp³-hybridized carbons (Fsp3) is 0.259. The fourth-order valence-electron chi connectivity index (χ4n) is 4.63. The van der Waals surface area contributed by atoms with Gasteiger partial charge >= 0.3 is 6.36 Å². The monoisotopic (exact) mass is 497 g/mol. The molecule has 2 N–H and O–H groups in total. The Morgan fingerprint density at radius 3 is 2.39 bits per heavy atom. The van der Waals surface area contributed by atoms with Crippen molar-refractivity contribution in [3.63, 3.8) is 0 Å². The van der Waals surface area contributed by atoms with Gasteiger partial charge in [-0.3, -0.25) is 9.59 Å². The summed E-state index contributed by atoms with van der Waals surface area (Å²) < 4.78 is 43.1. The number of amides is 2. The molecule has 1 heterocycles. The molecule has 0 radical (unpaired) electrons. The van der Waals surface area contributed by atoms with Gasteiger partial charge in [0.2, 0.25) is 11.8 Å². The van der Waals surface area contributed by atoms with Crippen LogP contribution in [0.3, 0.4) is 0 Å². The number of halogens is 3. The van der Waals surface area contributed by atoms with Gasteiger partial charge in [-0.15, -0.1) is 13.2 Å². The van der Waals surface area contributed by atoms with Crippen LogP contribution in [0, 0.1) is 0 Å². The highest BCUT2D eigenvalue weighted by Crippen LogP contribution is 2.43. The molecule has 1 aliphatic rings. The van der Waals surface area contributed by atoms with Crippen LogP contribution in [0.2, 0.25) is 0 Å². The van der Waals surface area contributed by atoms with Crippen LogP contribution in [0.15, 0.2) is 66.7 Å². The van der Waals surface area contributed by atoms with Gasteiger partial charge in [-0.25, -0.2) is 0 Å². The number of nitrogens with one attached hydrogen (secondary N) is 2. The predicted molar refractivity (Wildman–Crippen MR) is 133 cm³/mol. The number of carbonyl (C=O) groups is 2. The Labute approximate surface area is 207 Å². The average Bonchev–Trinajstić information content (AvgIpc) is 2.78. The third kappa shape index (κ3) is 5.62. The highest BCUT2D eigenvalue weighted by molar-refractivity contribution is 5.94. The molecule has 0 bridgehead atoms. The van der Waals surface area contributed by atoms with Gasteiger partial charge in [-0.1, -0.05) is 30.3 Å². The van der Waals surface area contributed by atoms with E-state index in [1.54, 1.807) is 17.0 Å². The predicted octanol–water partition coefficient (Wildman–Crippen LogP) is 6.51. The summed E-state index contributed by atoms with van der Waals surface area (Å²) in [6.07, 6.45) is -4.35. The van der Waals surface area contributed by atoms with Crippen molar-refractivity contribution in [1.29, 1.82) is 0 Å². The minimum absolute atomic E-state index is 0.122. The number of benzene rings is 3. The van der Waals surface area contributed by atoms with E-state index in [-0.39, 0.29) is 35.3 Å². The van der Waals surface area contributed by atoms with Gasteiger partial charge in [-0.2, -0.15) is 0 Å². The summed E-state index contributed by atoms with van der Waals surface area (Å²) in [6.45, 7) is 4.83. The van der Waals surface area contributed by atoms with Crippen molar-refractivity contribution in [1.82, 2.24) is 0 Å². The summed E-state index contributed by atoms with van der Waals surface area (Å²) in [5.41, 5.74) is 3.99. The van der Waals surface area contributed by atoms with Gasteiger partial charge in [0.25, 0.3) is 0 Å². The second-order valence-corrected chi connectivity index (χ2v) is 8.75. The van der Waals surface area contributed by atoms with Gasteiger partial charge in [0.1, 0.15) is 0 Å². The van der Waals surface area contributed by atoms with Crippen LogP contribution >= 0.6 is 0 Å². The van der Waals surface area contributed by atoms with Gasteiger partial charge in [0.05, 0.1) is 11.7 Å². The molecule has 9 heteroatoms.